The highest BCUT2D eigenvalue weighted by atomic mass is 32.2. The van der Waals surface area contributed by atoms with E-state index < -0.39 is 15.7 Å². The molecule has 3 aromatic carbocycles. The summed E-state index contributed by atoms with van der Waals surface area (Å²) in [7, 11) is -4.01. The molecule has 0 atom stereocenters. The topological polar surface area (TPSA) is 83.8 Å². The molecule has 150 valence electrons. The Morgan fingerprint density at radius 3 is 1.62 bits per heavy atom. The lowest BCUT2D eigenvalue weighted by Crippen LogP contribution is -2.30. The molecule has 0 bridgehead atoms. The third-order valence-corrected chi connectivity index (χ3v) is 6.93. The minimum atomic E-state index is -4.01. The van der Waals surface area contributed by atoms with Crippen LogP contribution in [-0.2, 0) is 19.9 Å². The first kappa shape index (κ1) is 19.5. The average Bonchev–Trinajstić information content (AvgIpc) is 2.92. The summed E-state index contributed by atoms with van der Waals surface area (Å²) in [5.41, 5.74) is 2.78. The van der Waals surface area contributed by atoms with Crippen LogP contribution in [0, 0.1) is 27.7 Å². The van der Waals surface area contributed by atoms with Crippen LogP contribution in [0.5, 0.6) is 11.5 Å². The lowest BCUT2D eigenvalue weighted by Gasteiger charge is -2.31. The van der Waals surface area contributed by atoms with Crippen LogP contribution in [-0.4, -0.2) is 18.6 Å². The van der Waals surface area contributed by atoms with Crippen molar-refractivity contribution in [2.45, 2.75) is 38.2 Å². The van der Waals surface area contributed by atoms with E-state index >= 15 is 0 Å². The van der Waals surface area contributed by atoms with Gasteiger partial charge in [-0.2, -0.15) is 8.42 Å². The largest absolute Gasteiger partial charge is 0.507 e. The van der Waals surface area contributed by atoms with Crippen molar-refractivity contribution < 1.29 is 22.8 Å². The van der Waals surface area contributed by atoms with Crippen molar-refractivity contribution in [3.63, 3.8) is 0 Å². The van der Waals surface area contributed by atoms with Crippen LogP contribution in [0.4, 0.5) is 0 Å². The van der Waals surface area contributed by atoms with Crippen molar-refractivity contribution >= 4 is 10.1 Å². The van der Waals surface area contributed by atoms with Gasteiger partial charge in [-0.05, 0) is 91.4 Å². The van der Waals surface area contributed by atoms with Gasteiger partial charge in [0.1, 0.15) is 16.4 Å². The lowest BCUT2D eigenvalue weighted by atomic mass is 9.78. The number of rotatable bonds is 2. The Hall–Kier alpha value is -2.83. The first-order valence-corrected chi connectivity index (χ1v) is 10.7. The van der Waals surface area contributed by atoms with Gasteiger partial charge >= 0.3 is 0 Å². The summed E-state index contributed by atoms with van der Waals surface area (Å²) < 4.78 is 31.8. The second-order valence-electron chi connectivity index (χ2n) is 7.63. The molecule has 6 heteroatoms. The molecule has 0 fully saturated rings. The molecule has 3 aromatic rings. The van der Waals surface area contributed by atoms with Gasteiger partial charge in [-0.15, -0.1) is 0 Å². The van der Waals surface area contributed by atoms with Crippen LogP contribution in [0.15, 0.2) is 53.4 Å². The van der Waals surface area contributed by atoms with Crippen molar-refractivity contribution in [3.05, 3.63) is 87.5 Å². The molecule has 0 amide bonds. The van der Waals surface area contributed by atoms with E-state index in [9.17, 15) is 18.6 Å². The van der Waals surface area contributed by atoms with E-state index in [4.69, 9.17) is 4.18 Å². The smallest absolute Gasteiger partial charge is 0.298 e. The molecule has 0 aromatic heterocycles. The zero-order chi connectivity index (χ0) is 21.1. The minimum Gasteiger partial charge on any atom is -0.507 e. The molecule has 0 radical (unpaired) electrons. The molecule has 0 spiro atoms. The first-order valence-electron chi connectivity index (χ1n) is 9.24. The molecule has 4 rings (SSSR count). The molecule has 5 nitrogen and oxygen atoms in total. The van der Waals surface area contributed by atoms with Crippen LogP contribution in [0.3, 0.4) is 0 Å². The van der Waals surface area contributed by atoms with E-state index in [0.29, 0.717) is 38.9 Å². The van der Waals surface area contributed by atoms with E-state index in [2.05, 4.69) is 0 Å². The lowest BCUT2D eigenvalue weighted by molar-refractivity contribution is 0.179. The van der Waals surface area contributed by atoms with Gasteiger partial charge in [0, 0.05) is 5.56 Å². The molecule has 1 aliphatic rings. The standard InChI is InChI=1S/C23H22O5S/c1-13-9-17(10-14(2)21(13)24)23(18-11-15(3)22(25)16(4)12-18)19-7-5-6-8-20(19)29(26,27)28-23/h5-12,24-25H,1-4H3. The van der Waals surface area contributed by atoms with Crippen molar-refractivity contribution in [3.8, 4) is 11.5 Å². The van der Waals surface area contributed by atoms with Crippen LogP contribution < -0.4 is 0 Å². The Morgan fingerprint density at radius 2 is 1.17 bits per heavy atom. The Morgan fingerprint density at radius 1 is 0.759 bits per heavy atom. The third-order valence-electron chi connectivity index (χ3n) is 5.57. The molecule has 1 heterocycles. The van der Waals surface area contributed by atoms with Crippen molar-refractivity contribution in [2.75, 3.05) is 0 Å². The Kier molecular flexibility index (Phi) is 4.26. The third kappa shape index (κ3) is 2.74. The summed E-state index contributed by atoms with van der Waals surface area (Å²) >= 11 is 0. The van der Waals surface area contributed by atoms with Crippen LogP contribution in [0.2, 0.25) is 0 Å². The maximum Gasteiger partial charge on any atom is 0.298 e. The molecule has 1 aliphatic heterocycles. The van der Waals surface area contributed by atoms with Crippen LogP contribution in [0.25, 0.3) is 0 Å². The number of phenols is 2. The molecule has 0 saturated heterocycles. The Balaban J connectivity index is 2.16. The number of benzene rings is 3. The number of hydrogen-bond acceptors (Lipinski definition) is 5. The highest BCUT2D eigenvalue weighted by molar-refractivity contribution is 7.87. The highest BCUT2D eigenvalue weighted by Crippen LogP contribution is 2.51. The van der Waals surface area contributed by atoms with Gasteiger partial charge in [0.05, 0.1) is 0 Å². The van der Waals surface area contributed by atoms with Crippen molar-refractivity contribution in [1.82, 2.24) is 0 Å². The van der Waals surface area contributed by atoms with E-state index in [-0.39, 0.29) is 16.4 Å². The number of aromatic hydroxyl groups is 2. The minimum absolute atomic E-state index is 0.117. The van der Waals surface area contributed by atoms with Crippen molar-refractivity contribution in [2.24, 2.45) is 0 Å². The van der Waals surface area contributed by atoms with Crippen molar-refractivity contribution in [1.29, 1.82) is 0 Å². The molecule has 0 saturated carbocycles. The first-order chi connectivity index (χ1) is 13.6. The molecule has 0 aliphatic carbocycles. The van der Waals surface area contributed by atoms with Crippen LogP contribution >= 0.6 is 0 Å². The SMILES string of the molecule is Cc1cc(C2(c3cc(C)c(O)c(C)c3)OS(=O)(=O)c3ccccc32)cc(C)c1O. The summed E-state index contributed by atoms with van der Waals surface area (Å²) in [6, 6.07) is 13.7. The summed E-state index contributed by atoms with van der Waals surface area (Å²) in [5, 5.41) is 20.5. The fourth-order valence-electron chi connectivity index (χ4n) is 4.12. The molecule has 2 N–H and O–H groups in total. The van der Waals surface area contributed by atoms with Gasteiger partial charge in [-0.25, -0.2) is 4.18 Å². The fraction of sp³-hybridized carbons (Fsp3) is 0.217. The van der Waals surface area contributed by atoms with Gasteiger partial charge in [-0.3, -0.25) is 0 Å². The van der Waals surface area contributed by atoms with E-state index in [1.807, 2.05) is 0 Å². The normalized spacial score (nSPS) is 16.6. The predicted molar refractivity (Wildman–Crippen MR) is 110 cm³/mol. The van der Waals surface area contributed by atoms with Crippen LogP contribution in [0.1, 0.15) is 38.9 Å². The average molecular weight is 410 g/mol. The summed E-state index contributed by atoms with van der Waals surface area (Å²) in [6.07, 6.45) is 0. The van der Waals surface area contributed by atoms with Gasteiger partial charge in [0.2, 0.25) is 0 Å². The molecular formula is C23H22O5S. The second kappa shape index (κ2) is 6.34. The van der Waals surface area contributed by atoms with E-state index in [1.165, 1.54) is 6.07 Å². The zero-order valence-corrected chi connectivity index (χ0v) is 17.5. The monoisotopic (exact) mass is 410 g/mol. The van der Waals surface area contributed by atoms with Gasteiger partial charge in [0.15, 0.2) is 5.60 Å². The van der Waals surface area contributed by atoms with E-state index in [1.54, 1.807) is 70.2 Å². The molecule has 0 unspecified atom stereocenters. The second-order valence-corrected chi connectivity index (χ2v) is 9.15. The van der Waals surface area contributed by atoms with Gasteiger partial charge in [-0.1, -0.05) is 18.2 Å². The maximum absolute atomic E-state index is 13.0. The highest BCUT2D eigenvalue weighted by Gasteiger charge is 2.51. The summed E-state index contributed by atoms with van der Waals surface area (Å²) in [6.45, 7) is 7.06. The van der Waals surface area contributed by atoms with E-state index in [0.717, 1.165) is 0 Å². The Labute approximate surface area is 170 Å². The zero-order valence-electron chi connectivity index (χ0n) is 16.6. The number of hydrogen-bond donors (Lipinski definition) is 2. The van der Waals surface area contributed by atoms with Gasteiger partial charge in [0.25, 0.3) is 10.1 Å². The number of fused-ring (bicyclic) bond motifs is 1. The van der Waals surface area contributed by atoms with Gasteiger partial charge < -0.3 is 10.2 Å². The number of aryl methyl sites for hydroxylation is 4. The number of phenolic OH excluding ortho intramolecular Hbond substituents is 2. The predicted octanol–water partition coefficient (Wildman–Crippen LogP) is 4.34. The fourth-order valence-corrected chi connectivity index (χ4v) is 5.55. The molecule has 29 heavy (non-hydrogen) atoms. The Bertz CT molecular complexity index is 1150. The summed E-state index contributed by atoms with van der Waals surface area (Å²) in [4.78, 5) is 0.117. The summed E-state index contributed by atoms with van der Waals surface area (Å²) in [5.74, 6) is 0.326. The molecular weight excluding hydrogens is 388 g/mol. The quantitative estimate of drug-likeness (QED) is 0.614. The maximum atomic E-state index is 13.0.